The number of tetrazole rings is 1. The Morgan fingerprint density at radius 2 is 2.04 bits per heavy atom. The lowest BCUT2D eigenvalue weighted by Gasteiger charge is -2.14. The number of hydrogen-bond donors (Lipinski definition) is 1. The Labute approximate surface area is 156 Å². The molecule has 4 rings (SSSR count). The largest absolute Gasteiger partial charge is 0.469 e. The summed E-state index contributed by atoms with van der Waals surface area (Å²) in [6.45, 7) is 2.78. The van der Waals surface area contributed by atoms with Crippen molar-refractivity contribution in [3.63, 3.8) is 0 Å². The summed E-state index contributed by atoms with van der Waals surface area (Å²) in [7, 11) is 0. The van der Waals surface area contributed by atoms with E-state index in [2.05, 4.69) is 27.8 Å². The lowest BCUT2D eigenvalue weighted by Crippen LogP contribution is -2.26. The fraction of sp³-hybridized carbons (Fsp3) is 0.250. The van der Waals surface area contributed by atoms with Crippen LogP contribution in [0.3, 0.4) is 0 Å². The topological polar surface area (TPSA) is 68.2 Å². The van der Waals surface area contributed by atoms with E-state index in [9.17, 15) is 4.39 Å². The molecule has 0 aliphatic carbocycles. The zero-order chi connectivity index (χ0) is 18.6. The van der Waals surface area contributed by atoms with Crippen LogP contribution in [0.25, 0.3) is 16.8 Å². The fourth-order valence-electron chi connectivity index (χ4n) is 3.04. The highest BCUT2D eigenvalue weighted by molar-refractivity contribution is 5.66. The molecule has 3 heterocycles. The molecule has 138 valence electrons. The highest BCUT2D eigenvalue weighted by Gasteiger charge is 2.11. The summed E-state index contributed by atoms with van der Waals surface area (Å²) in [5.74, 6) is 0.737. The van der Waals surface area contributed by atoms with Crippen LogP contribution in [-0.2, 0) is 13.0 Å². The van der Waals surface area contributed by atoms with Gasteiger partial charge in [0.1, 0.15) is 11.6 Å². The Hall–Kier alpha value is -3.06. The van der Waals surface area contributed by atoms with Gasteiger partial charge in [-0.2, -0.15) is 4.52 Å². The van der Waals surface area contributed by atoms with Gasteiger partial charge in [-0.1, -0.05) is 12.1 Å². The Morgan fingerprint density at radius 3 is 2.81 bits per heavy atom. The molecule has 0 aliphatic heterocycles. The van der Waals surface area contributed by atoms with Gasteiger partial charge in [0.2, 0.25) is 0 Å². The third-order valence-electron chi connectivity index (χ3n) is 4.59. The second-order valence-electron chi connectivity index (χ2n) is 6.61. The molecule has 27 heavy (non-hydrogen) atoms. The van der Waals surface area contributed by atoms with Gasteiger partial charge >= 0.3 is 0 Å². The van der Waals surface area contributed by atoms with Crippen LogP contribution in [0, 0.1) is 5.82 Å². The smallest absolute Gasteiger partial charge is 0.183 e. The van der Waals surface area contributed by atoms with Gasteiger partial charge in [-0.15, -0.1) is 5.10 Å². The van der Waals surface area contributed by atoms with Crippen LogP contribution in [0.5, 0.6) is 0 Å². The molecule has 0 unspecified atom stereocenters. The molecule has 7 heteroatoms. The molecule has 0 radical (unpaired) electrons. The number of aryl methyl sites for hydroxylation is 1. The summed E-state index contributed by atoms with van der Waals surface area (Å²) in [5, 5.41) is 15.4. The van der Waals surface area contributed by atoms with Crippen LogP contribution in [0.2, 0.25) is 0 Å². The monoisotopic (exact) mass is 365 g/mol. The van der Waals surface area contributed by atoms with Crippen molar-refractivity contribution in [3.05, 3.63) is 72.1 Å². The third-order valence-corrected chi connectivity index (χ3v) is 4.59. The molecule has 6 nitrogen and oxygen atoms in total. The summed E-state index contributed by atoms with van der Waals surface area (Å²) in [4.78, 5) is 0. The van der Waals surface area contributed by atoms with Crippen LogP contribution < -0.4 is 5.32 Å². The van der Waals surface area contributed by atoms with Crippen LogP contribution in [0.15, 0.2) is 59.3 Å². The second-order valence-corrected chi connectivity index (χ2v) is 6.61. The fourth-order valence-corrected chi connectivity index (χ4v) is 3.04. The van der Waals surface area contributed by atoms with Crippen molar-refractivity contribution < 1.29 is 8.81 Å². The minimum atomic E-state index is -0.255. The first-order chi connectivity index (χ1) is 13.2. The number of aromatic nitrogens is 4. The predicted octanol–water partition coefficient (Wildman–Crippen LogP) is 3.63. The van der Waals surface area contributed by atoms with Gasteiger partial charge in [-0.05, 0) is 59.7 Å². The molecule has 0 bridgehead atoms. The van der Waals surface area contributed by atoms with E-state index < -0.39 is 0 Å². The number of furan rings is 1. The van der Waals surface area contributed by atoms with Crippen molar-refractivity contribution in [2.45, 2.75) is 32.4 Å². The number of hydrogen-bond acceptors (Lipinski definition) is 5. The Morgan fingerprint density at radius 1 is 1.19 bits per heavy atom. The average Bonchev–Trinajstić information content (AvgIpc) is 3.36. The van der Waals surface area contributed by atoms with Crippen LogP contribution in [0.4, 0.5) is 4.39 Å². The lowest BCUT2D eigenvalue weighted by atomic mass is 10.1. The number of benzene rings is 1. The van der Waals surface area contributed by atoms with Crippen LogP contribution in [-0.4, -0.2) is 26.1 Å². The maximum absolute atomic E-state index is 13.2. The van der Waals surface area contributed by atoms with Crippen molar-refractivity contribution in [1.82, 2.24) is 25.4 Å². The summed E-state index contributed by atoms with van der Waals surface area (Å²) in [6.07, 6.45) is 5.40. The van der Waals surface area contributed by atoms with E-state index >= 15 is 0 Å². The van der Waals surface area contributed by atoms with Crippen molar-refractivity contribution in [2.75, 3.05) is 0 Å². The Kier molecular flexibility index (Phi) is 4.93. The van der Waals surface area contributed by atoms with Gasteiger partial charge < -0.3 is 9.73 Å². The van der Waals surface area contributed by atoms with Gasteiger partial charge in [0.05, 0.1) is 6.26 Å². The number of halogens is 1. The summed E-state index contributed by atoms with van der Waals surface area (Å²) >= 11 is 0. The number of fused-ring (bicyclic) bond motifs is 1. The third kappa shape index (κ3) is 4.03. The maximum Gasteiger partial charge on any atom is 0.183 e. The second kappa shape index (κ2) is 7.67. The number of nitrogens with one attached hydrogen (secondary N) is 1. The minimum Gasteiger partial charge on any atom is -0.469 e. The van der Waals surface area contributed by atoms with E-state index in [1.54, 1.807) is 22.9 Å². The first-order valence-corrected chi connectivity index (χ1v) is 8.91. The molecule has 1 N–H and O–H groups in total. The quantitative estimate of drug-likeness (QED) is 0.542. The van der Waals surface area contributed by atoms with Crippen LogP contribution in [0.1, 0.15) is 24.7 Å². The van der Waals surface area contributed by atoms with E-state index in [-0.39, 0.29) is 5.82 Å². The molecule has 0 saturated heterocycles. The van der Waals surface area contributed by atoms with Gasteiger partial charge in [-0.25, -0.2) is 4.39 Å². The zero-order valence-corrected chi connectivity index (χ0v) is 15.0. The molecular formula is C20H20FN5O. The van der Waals surface area contributed by atoms with E-state index in [1.807, 2.05) is 24.4 Å². The van der Waals surface area contributed by atoms with Gasteiger partial charge in [0.25, 0.3) is 0 Å². The van der Waals surface area contributed by atoms with E-state index in [0.29, 0.717) is 18.2 Å². The zero-order valence-electron chi connectivity index (χ0n) is 15.0. The molecule has 0 aliphatic rings. The molecule has 0 amide bonds. The summed E-state index contributed by atoms with van der Waals surface area (Å²) < 4.78 is 20.3. The van der Waals surface area contributed by atoms with Crippen molar-refractivity contribution >= 4 is 5.65 Å². The molecule has 3 aromatic heterocycles. The summed E-state index contributed by atoms with van der Waals surface area (Å²) in [6, 6.07) is 12.7. The maximum atomic E-state index is 13.2. The highest BCUT2D eigenvalue weighted by Crippen LogP contribution is 2.22. The van der Waals surface area contributed by atoms with E-state index in [0.717, 1.165) is 35.3 Å². The predicted molar refractivity (Wildman–Crippen MR) is 99.5 cm³/mol. The highest BCUT2D eigenvalue weighted by atomic mass is 19.1. The number of rotatable bonds is 7. The van der Waals surface area contributed by atoms with Gasteiger partial charge in [-0.3, -0.25) is 0 Å². The minimum absolute atomic E-state index is 0.255. The molecule has 0 saturated carbocycles. The SMILES string of the molecule is C[C@@H](CCc1ccco1)NCc1cc(-c2ccc(F)cc2)cn2nnnc12. The molecule has 1 atom stereocenters. The summed E-state index contributed by atoms with van der Waals surface area (Å²) in [5.41, 5.74) is 3.56. The van der Waals surface area contributed by atoms with Crippen LogP contribution >= 0.6 is 0 Å². The molecule has 4 aromatic rings. The Bertz CT molecular complexity index is 1010. The van der Waals surface area contributed by atoms with E-state index in [4.69, 9.17) is 4.42 Å². The number of nitrogens with zero attached hydrogens (tertiary/aromatic N) is 4. The molecule has 1 aromatic carbocycles. The standard InChI is InChI=1S/C20H20FN5O/c1-14(4-9-19-3-2-10-27-19)22-12-16-11-17(13-26-20(16)23-24-25-26)15-5-7-18(21)8-6-15/h2-3,5-8,10-11,13-14,22H,4,9,12H2,1H3/t14-/m0/s1. The number of pyridine rings is 1. The average molecular weight is 365 g/mol. The molecule has 0 spiro atoms. The van der Waals surface area contributed by atoms with Crippen molar-refractivity contribution in [2.24, 2.45) is 0 Å². The van der Waals surface area contributed by atoms with Gasteiger partial charge in [0.15, 0.2) is 5.65 Å². The lowest BCUT2D eigenvalue weighted by molar-refractivity contribution is 0.460. The van der Waals surface area contributed by atoms with Crippen molar-refractivity contribution in [3.8, 4) is 11.1 Å². The first-order valence-electron chi connectivity index (χ1n) is 8.91. The molecular weight excluding hydrogens is 345 g/mol. The normalized spacial score (nSPS) is 12.5. The van der Waals surface area contributed by atoms with Gasteiger partial charge in [0, 0.05) is 36.3 Å². The Balaban J connectivity index is 1.50. The first kappa shape index (κ1) is 17.4. The van der Waals surface area contributed by atoms with E-state index in [1.165, 1.54) is 12.1 Å². The van der Waals surface area contributed by atoms with Crippen molar-refractivity contribution in [1.29, 1.82) is 0 Å². The molecule has 0 fully saturated rings.